The highest BCUT2D eigenvalue weighted by molar-refractivity contribution is 9.10. The van der Waals surface area contributed by atoms with Gasteiger partial charge < -0.3 is 0 Å². The van der Waals surface area contributed by atoms with Gasteiger partial charge >= 0.3 is 0 Å². The first-order valence-electron chi connectivity index (χ1n) is 3.94. The van der Waals surface area contributed by atoms with Crippen molar-refractivity contribution in [2.45, 2.75) is 11.8 Å². The third kappa shape index (κ3) is 2.43. The minimum atomic E-state index is -0.274. The molecule has 1 unspecified atom stereocenters. The molecule has 0 bridgehead atoms. The molecular formula is C10H7Br2NO. The molecule has 1 aromatic rings. The second-order valence-electron chi connectivity index (χ2n) is 2.78. The molecule has 0 aliphatic heterocycles. The summed E-state index contributed by atoms with van der Waals surface area (Å²) in [5.41, 5.74) is 0.857. The van der Waals surface area contributed by atoms with Crippen LogP contribution >= 0.6 is 31.9 Å². The lowest BCUT2D eigenvalue weighted by atomic mass is 10.0. The zero-order chi connectivity index (χ0) is 10.7. The smallest absolute Gasteiger partial charge is 0.177 e. The number of carbonyl (C=O) groups excluding carboxylic acids is 1. The Bertz CT molecular complexity index is 407. The highest BCUT2D eigenvalue weighted by atomic mass is 79.9. The number of rotatable bonds is 2. The van der Waals surface area contributed by atoms with Crippen molar-refractivity contribution in [2.24, 2.45) is 0 Å². The fourth-order valence-electron chi connectivity index (χ4n) is 1.03. The van der Waals surface area contributed by atoms with Crippen LogP contribution < -0.4 is 0 Å². The number of Topliss-reactive ketones (excluding diaryl/α,β-unsaturated/α-hetero) is 1. The lowest BCUT2D eigenvalue weighted by Gasteiger charge is -2.05. The van der Waals surface area contributed by atoms with Crippen molar-refractivity contribution in [2.75, 3.05) is 0 Å². The lowest BCUT2D eigenvalue weighted by Crippen LogP contribution is -2.11. The summed E-state index contributed by atoms with van der Waals surface area (Å²) in [7, 11) is 0. The largest absolute Gasteiger partial charge is 0.293 e. The lowest BCUT2D eigenvalue weighted by molar-refractivity contribution is 0.0995. The van der Waals surface area contributed by atoms with Gasteiger partial charge in [0.25, 0.3) is 0 Å². The van der Waals surface area contributed by atoms with E-state index in [-0.39, 0.29) is 10.6 Å². The van der Waals surface area contributed by atoms with Crippen LogP contribution in [0.4, 0.5) is 0 Å². The summed E-state index contributed by atoms with van der Waals surface area (Å²) in [6.07, 6.45) is 0. The Labute approximate surface area is 99.2 Å². The van der Waals surface area contributed by atoms with Crippen LogP contribution in [0.5, 0.6) is 0 Å². The quantitative estimate of drug-likeness (QED) is 0.620. The fourth-order valence-corrected chi connectivity index (χ4v) is 1.64. The molecule has 0 aliphatic carbocycles. The topological polar surface area (TPSA) is 40.9 Å². The number of nitrogens with zero attached hydrogens (tertiary/aromatic N) is 1. The van der Waals surface area contributed by atoms with Crippen LogP contribution in [0.2, 0.25) is 0 Å². The summed E-state index contributed by atoms with van der Waals surface area (Å²) in [4.78, 5) is 11.4. The van der Waals surface area contributed by atoms with Crippen LogP contribution in [-0.2, 0) is 0 Å². The number of alkyl halides is 1. The Morgan fingerprint density at radius 2 is 2.21 bits per heavy atom. The number of halogens is 2. The molecule has 14 heavy (non-hydrogen) atoms. The number of hydrogen-bond acceptors (Lipinski definition) is 2. The van der Waals surface area contributed by atoms with Gasteiger partial charge in [-0.15, -0.1) is 0 Å². The summed E-state index contributed by atoms with van der Waals surface area (Å²) >= 11 is 6.46. The van der Waals surface area contributed by atoms with E-state index >= 15 is 0 Å². The van der Waals surface area contributed by atoms with Gasteiger partial charge in [-0.05, 0) is 25.1 Å². The van der Waals surface area contributed by atoms with E-state index in [1.54, 1.807) is 25.1 Å². The third-order valence-electron chi connectivity index (χ3n) is 1.73. The van der Waals surface area contributed by atoms with Crippen molar-refractivity contribution in [1.29, 1.82) is 5.26 Å². The highest BCUT2D eigenvalue weighted by Gasteiger charge is 2.16. The second kappa shape index (κ2) is 4.72. The van der Waals surface area contributed by atoms with Crippen LogP contribution in [0.15, 0.2) is 22.7 Å². The van der Waals surface area contributed by atoms with Gasteiger partial charge in [0.15, 0.2) is 5.78 Å². The van der Waals surface area contributed by atoms with Gasteiger partial charge in [0.1, 0.15) is 0 Å². The molecule has 2 nitrogen and oxygen atoms in total. The molecule has 0 fully saturated rings. The molecule has 0 amide bonds. The predicted octanol–water partition coefficient (Wildman–Crippen LogP) is 3.29. The van der Waals surface area contributed by atoms with Crippen molar-refractivity contribution in [3.8, 4) is 6.07 Å². The first kappa shape index (κ1) is 11.4. The Hall–Kier alpha value is -0.660. The average molecular weight is 317 g/mol. The summed E-state index contributed by atoms with van der Waals surface area (Å²) in [6.45, 7) is 1.74. The van der Waals surface area contributed by atoms with E-state index in [0.29, 0.717) is 11.1 Å². The first-order chi connectivity index (χ1) is 6.56. The molecule has 0 heterocycles. The molecule has 0 saturated carbocycles. The maximum atomic E-state index is 11.7. The average Bonchev–Trinajstić information content (AvgIpc) is 2.16. The Morgan fingerprint density at radius 1 is 1.57 bits per heavy atom. The van der Waals surface area contributed by atoms with E-state index in [1.807, 2.05) is 6.07 Å². The molecule has 0 aliphatic rings. The molecule has 72 valence electrons. The molecule has 0 spiro atoms. The zero-order valence-electron chi connectivity index (χ0n) is 7.42. The minimum absolute atomic E-state index is 0.0807. The number of ketones is 1. The van der Waals surface area contributed by atoms with E-state index in [4.69, 9.17) is 5.26 Å². The van der Waals surface area contributed by atoms with E-state index in [9.17, 15) is 4.79 Å². The Balaban J connectivity index is 3.26. The van der Waals surface area contributed by atoms with E-state index in [2.05, 4.69) is 31.9 Å². The predicted molar refractivity (Wildman–Crippen MR) is 61.6 cm³/mol. The standard InChI is InChI=1S/C10H7Br2NO/c1-6(11)10(14)9-4-8(12)3-2-7(9)5-13/h2-4,6H,1H3. The molecule has 1 rings (SSSR count). The molecule has 0 radical (unpaired) electrons. The van der Waals surface area contributed by atoms with E-state index in [0.717, 1.165) is 4.47 Å². The second-order valence-corrected chi connectivity index (χ2v) is 5.07. The van der Waals surface area contributed by atoms with E-state index < -0.39 is 0 Å². The van der Waals surface area contributed by atoms with Crippen molar-refractivity contribution >= 4 is 37.6 Å². The maximum Gasteiger partial charge on any atom is 0.177 e. The van der Waals surface area contributed by atoms with Gasteiger partial charge in [-0.3, -0.25) is 4.79 Å². The number of carbonyl (C=O) groups is 1. The van der Waals surface area contributed by atoms with Crippen LogP contribution in [0.25, 0.3) is 0 Å². The molecule has 0 N–H and O–H groups in total. The molecule has 0 saturated heterocycles. The monoisotopic (exact) mass is 315 g/mol. The molecule has 1 atom stereocenters. The normalized spacial score (nSPS) is 11.9. The van der Waals surface area contributed by atoms with Crippen molar-refractivity contribution in [1.82, 2.24) is 0 Å². The highest BCUT2D eigenvalue weighted by Crippen LogP contribution is 2.19. The minimum Gasteiger partial charge on any atom is -0.293 e. The number of benzene rings is 1. The van der Waals surface area contributed by atoms with Crippen molar-refractivity contribution in [3.63, 3.8) is 0 Å². The van der Waals surface area contributed by atoms with Gasteiger partial charge in [-0.2, -0.15) is 5.26 Å². The number of nitriles is 1. The van der Waals surface area contributed by atoms with Crippen molar-refractivity contribution < 1.29 is 4.79 Å². The summed E-state index contributed by atoms with van der Waals surface area (Å²) < 4.78 is 0.799. The van der Waals surface area contributed by atoms with Crippen LogP contribution in [0, 0.1) is 11.3 Å². The molecular weight excluding hydrogens is 310 g/mol. The zero-order valence-corrected chi connectivity index (χ0v) is 10.6. The summed E-state index contributed by atoms with van der Waals surface area (Å²) in [5, 5.41) is 8.81. The Kier molecular flexibility index (Phi) is 3.85. The van der Waals surface area contributed by atoms with Gasteiger partial charge in [-0.25, -0.2) is 0 Å². The van der Waals surface area contributed by atoms with Gasteiger partial charge in [0.05, 0.1) is 16.5 Å². The van der Waals surface area contributed by atoms with Crippen LogP contribution in [0.1, 0.15) is 22.8 Å². The molecule has 1 aromatic carbocycles. The first-order valence-corrected chi connectivity index (χ1v) is 5.65. The van der Waals surface area contributed by atoms with Gasteiger partial charge in [0, 0.05) is 10.0 Å². The third-order valence-corrected chi connectivity index (χ3v) is 2.64. The fraction of sp³-hybridized carbons (Fsp3) is 0.200. The number of hydrogen-bond donors (Lipinski definition) is 0. The van der Waals surface area contributed by atoms with Gasteiger partial charge in [0.2, 0.25) is 0 Å². The molecule has 4 heteroatoms. The van der Waals surface area contributed by atoms with Gasteiger partial charge in [-0.1, -0.05) is 31.9 Å². The van der Waals surface area contributed by atoms with Crippen molar-refractivity contribution in [3.05, 3.63) is 33.8 Å². The van der Waals surface area contributed by atoms with Crippen LogP contribution in [0.3, 0.4) is 0 Å². The summed E-state index contributed by atoms with van der Waals surface area (Å²) in [5.74, 6) is -0.0807. The SMILES string of the molecule is CC(Br)C(=O)c1cc(Br)ccc1C#N. The van der Waals surface area contributed by atoms with E-state index in [1.165, 1.54) is 0 Å². The maximum absolute atomic E-state index is 11.7. The summed E-state index contributed by atoms with van der Waals surface area (Å²) in [6, 6.07) is 7.04. The Morgan fingerprint density at radius 3 is 2.71 bits per heavy atom. The van der Waals surface area contributed by atoms with Crippen LogP contribution in [-0.4, -0.2) is 10.6 Å². The molecule has 0 aromatic heterocycles.